The summed E-state index contributed by atoms with van der Waals surface area (Å²) in [7, 11) is 0. The van der Waals surface area contributed by atoms with Crippen molar-refractivity contribution in [3.05, 3.63) is 109 Å². The average molecular weight is 364 g/mol. The van der Waals surface area contributed by atoms with Gasteiger partial charge in [0.2, 0.25) is 0 Å². The van der Waals surface area contributed by atoms with E-state index in [0.29, 0.717) is 0 Å². The first-order chi connectivity index (χ1) is 13.8. The summed E-state index contributed by atoms with van der Waals surface area (Å²) in [4.78, 5) is 12.7. The van der Waals surface area contributed by atoms with Crippen LogP contribution in [-0.2, 0) is 0 Å². The molecule has 0 atom stereocenters. The average Bonchev–Trinajstić information content (AvgIpc) is 2.76. The summed E-state index contributed by atoms with van der Waals surface area (Å²) in [5, 5.41) is 5.97. The number of hydrogen-bond donors (Lipinski definition) is 2. The zero-order valence-electron chi connectivity index (χ0n) is 15.3. The Hall–Kier alpha value is -3.85. The van der Waals surface area contributed by atoms with E-state index in [4.69, 9.17) is 0 Å². The van der Waals surface area contributed by atoms with Crippen molar-refractivity contribution in [1.29, 1.82) is 0 Å². The van der Waals surface area contributed by atoms with Crippen LogP contribution in [-0.4, -0.2) is 6.03 Å². The third kappa shape index (κ3) is 3.94. The molecule has 0 bridgehead atoms. The second-order valence-corrected chi connectivity index (χ2v) is 6.40. The van der Waals surface area contributed by atoms with E-state index in [1.165, 1.54) is 0 Å². The summed E-state index contributed by atoms with van der Waals surface area (Å²) in [6, 6.07) is 35.4. The molecule has 136 valence electrons. The molecule has 0 radical (unpaired) electrons. The zero-order valence-corrected chi connectivity index (χ0v) is 15.3. The van der Waals surface area contributed by atoms with Gasteiger partial charge in [0.25, 0.3) is 0 Å². The number of urea groups is 1. The highest BCUT2D eigenvalue weighted by Gasteiger charge is 2.11. The predicted octanol–water partition coefficient (Wildman–Crippen LogP) is 6.66. The largest absolute Gasteiger partial charge is 0.323 e. The summed E-state index contributed by atoms with van der Waals surface area (Å²) < 4.78 is 0. The number of hydrogen-bond acceptors (Lipinski definition) is 1. The van der Waals surface area contributed by atoms with Crippen LogP contribution in [0.2, 0.25) is 0 Å². The Labute approximate surface area is 164 Å². The molecule has 0 unspecified atom stereocenters. The van der Waals surface area contributed by atoms with Crippen LogP contribution in [0.4, 0.5) is 16.2 Å². The Balaban J connectivity index is 1.58. The van der Waals surface area contributed by atoms with Gasteiger partial charge < -0.3 is 10.6 Å². The lowest BCUT2D eigenvalue weighted by atomic mass is 10.0. The van der Waals surface area contributed by atoms with Crippen LogP contribution in [0.25, 0.3) is 22.3 Å². The first-order valence-corrected chi connectivity index (χ1v) is 9.18. The van der Waals surface area contributed by atoms with Gasteiger partial charge in [-0.05, 0) is 23.3 Å². The quantitative estimate of drug-likeness (QED) is 0.417. The minimum atomic E-state index is -0.272. The maximum atomic E-state index is 12.7. The Kier molecular flexibility index (Phi) is 5.16. The van der Waals surface area contributed by atoms with Crippen molar-refractivity contribution < 1.29 is 4.79 Å². The highest BCUT2D eigenvalue weighted by atomic mass is 16.2. The molecule has 0 aromatic heterocycles. The topological polar surface area (TPSA) is 41.1 Å². The molecule has 0 saturated carbocycles. The first-order valence-electron chi connectivity index (χ1n) is 9.18. The molecule has 0 saturated heterocycles. The Morgan fingerprint density at radius 3 is 1.25 bits per heavy atom. The predicted molar refractivity (Wildman–Crippen MR) is 116 cm³/mol. The Morgan fingerprint density at radius 1 is 0.464 bits per heavy atom. The smallest absolute Gasteiger partial charge is 0.307 e. The van der Waals surface area contributed by atoms with E-state index >= 15 is 0 Å². The van der Waals surface area contributed by atoms with Crippen LogP contribution in [0.3, 0.4) is 0 Å². The second kappa shape index (κ2) is 8.23. The lowest BCUT2D eigenvalue weighted by Crippen LogP contribution is -2.20. The van der Waals surface area contributed by atoms with Crippen LogP contribution in [0.1, 0.15) is 0 Å². The summed E-state index contributed by atoms with van der Waals surface area (Å²) in [5.74, 6) is 0. The van der Waals surface area contributed by atoms with E-state index < -0.39 is 0 Å². The van der Waals surface area contributed by atoms with E-state index in [9.17, 15) is 4.79 Å². The standard InChI is InChI=1S/C25H20N2O/c28-25(26-23-17-9-7-15-21(23)19-11-3-1-4-12-19)27-24-18-10-8-16-22(24)20-13-5-2-6-14-20/h1-18H,(H2,26,27,28). The number of carbonyl (C=O) groups is 1. The van der Waals surface area contributed by atoms with Crippen molar-refractivity contribution >= 4 is 17.4 Å². The fourth-order valence-electron chi connectivity index (χ4n) is 3.20. The molecule has 0 heterocycles. The van der Waals surface area contributed by atoms with Crippen molar-refractivity contribution in [3.63, 3.8) is 0 Å². The van der Waals surface area contributed by atoms with Gasteiger partial charge in [0, 0.05) is 11.1 Å². The number of amides is 2. The maximum absolute atomic E-state index is 12.7. The molecule has 2 N–H and O–H groups in total. The summed E-state index contributed by atoms with van der Waals surface area (Å²) in [5.41, 5.74) is 5.61. The van der Waals surface area contributed by atoms with Crippen LogP contribution in [0.15, 0.2) is 109 Å². The SMILES string of the molecule is O=C(Nc1ccccc1-c1ccccc1)Nc1ccccc1-c1ccccc1. The molecule has 3 nitrogen and oxygen atoms in total. The van der Waals surface area contributed by atoms with Crippen molar-refractivity contribution in [2.45, 2.75) is 0 Å². The van der Waals surface area contributed by atoms with Gasteiger partial charge in [-0.1, -0.05) is 97.1 Å². The lowest BCUT2D eigenvalue weighted by molar-refractivity contribution is 0.262. The van der Waals surface area contributed by atoms with Crippen LogP contribution >= 0.6 is 0 Å². The van der Waals surface area contributed by atoms with Crippen LogP contribution in [0, 0.1) is 0 Å². The number of nitrogens with one attached hydrogen (secondary N) is 2. The van der Waals surface area contributed by atoms with Gasteiger partial charge in [-0.3, -0.25) is 0 Å². The van der Waals surface area contributed by atoms with Gasteiger partial charge in [0.1, 0.15) is 0 Å². The third-order valence-electron chi connectivity index (χ3n) is 4.52. The second-order valence-electron chi connectivity index (χ2n) is 6.40. The molecule has 4 rings (SSSR count). The summed E-state index contributed by atoms with van der Waals surface area (Å²) >= 11 is 0. The van der Waals surface area contributed by atoms with Gasteiger partial charge in [0.05, 0.1) is 11.4 Å². The molecule has 0 spiro atoms. The van der Waals surface area contributed by atoms with Gasteiger partial charge >= 0.3 is 6.03 Å². The molecule has 0 aliphatic carbocycles. The van der Waals surface area contributed by atoms with Gasteiger partial charge in [-0.25, -0.2) is 4.79 Å². The zero-order chi connectivity index (χ0) is 19.2. The lowest BCUT2D eigenvalue weighted by Gasteiger charge is -2.14. The van der Waals surface area contributed by atoms with Crippen molar-refractivity contribution in [1.82, 2.24) is 0 Å². The van der Waals surface area contributed by atoms with Gasteiger partial charge in [0.15, 0.2) is 0 Å². The number of carbonyl (C=O) groups excluding carboxylic acids is 1. The van der Waals surface area contributed by atoms with Crippen molar-refractivity contribution in [2.75, 3.05) is 10.6 Å². The molecule has 0 aliphatic rings. The maximum Gasteiger partial charge on any atom is 0.323 e. The molecule has 2 amide bonds. The minimum absolute atomic E-state index is 0.272. The monoisotopic (exact) mass is 364 g/mol. The van der Waals surface area contributed by atoms with Crippen molar-refractivity contribution in [3.8, 4) is 22.3 Å². The first kappa shape index (κ1) is 17.6. The van der Waals surface area contributed by atoms with Crippen LogP contribution in [0.5, 0.6) is 0 Å². The van der Waals surface area contributed by atoms with E-state index in [1.54, 1.807) is 0 Å². The highest BCUT2D eigenvalue weighted by molar-refractivity contribution is 6.04. The van der Waals surface area contributed by atoms with E-state index in [0.717, 1.165) is 33.6 Å². The Morgan fingerprint density at radius 2 is 0.821 bits per heavy atom. The number of anilines is 2. The van der Waals surface area contributed by atoms with Crippen LogP contribution < -0.4 is 10.6 Å². The molecule has 3 heteroatoms. The van der Waals surface area contributed by atoms with E-state index in [-0.39, 0.29) is 6.03 Å². The summed E-state index contributed by atoms with van der Waals surface area (Å²) in [6.45, 7) is 0. The Bertz CT molecular complexity index is 989. The van der Waals surface area contributed by atoms with Crippen molar-refractivity contribution in [2.24, 2.45) is 0 Å². The molecule has 4 aromatic rings. The fourth-order valence-corrected chi connectivity index (χ4v) is 3.20. The highest BCUT2D eigenvalue weighted by Crippen LogP contribution is 2.29. The molecule has 0 aliphatic heterocycles. The minimum Gasteiger partial charge on any atom is -0.307 e. The van der Waals surface area contributed by atoms with Gasteiger partial charge in [-0.2, -0.15) is 0 Å². The number of para-hydroxylation sites is 2. The molecular weight excluding hydrogens is 344 g/mol. The molecular formula is C25H20N2O. The fraction of sp³-hybridized carbons (Fsp3) is 0. The number of benzene rings is 4. The van der Waals surface area contributed by atoms with E-state index in [1.807, 2.05) is 109 Å². The normalized spacial score (nSPS) is 10.3. The van der Waals surface area contributed by atoms with Gasteiger partial charge in [-0.15, -0.1) is 0 Å². The third-order valence-corrected chi connectivity index (χ3v) is 4.52. The number of rotatable bonds is 4. The van der Waals surface area contributed by atoms with E-state index in [2.05, 4.69) is 10.6 Å². The summed E-state index contributed by atoms with van der Waals surface area (Å²) in [6.07, 6.45) is 0. The molecule has 0 fully saturated rings. The molecule has 28 heavy (non-hydrogen) atoms. The molecule has 4 aromatic carbocycles.